The molecule has 1 unspecified atom stereocenters. The summed E-state index contributed by atoms with van der Waals surface area (Å²) in [6.07, 6.45) is 3.60. The standard InChI is InChI=1S/C10H17NO2/c11-6-8-4-9-3-7(8)5-10(9)12-1-2-13-10/h7-9H,1-6,11H2/t7-,8?,9-/m0/s1. The largest absolute Gasteiger partial charge is 0.347 e. The predicted molar refractivity (Wildman–Crippen MR) is 48.0 cm³/mol. The molecule has 1 heterocycles. The SMILES string of the molecule is NCC1C[C@@H]2C[C@H]1CC21OCCO1. The van der Waals surface area contributed by atoms with Crippen molar-refractivity contribution in [2.45, 2.75) is 25.0 Å². The van der Waals surface area contributed by atoms with Crippen molar-refractivity contribution in [2.24, 2.45) is 23.5 Å². The second-order valence-corrected chi connectivity index (χ2v) is 4.64. The first-order chi connectivity index (χ1) is 6.34. The molecule has 2 saturated carbocycles. The van der Waals surface area contributed by atoms with E-state index in [0.29, 0.717) is 5.92 Å². The molecule has 0 amide bonds. The Labute approximate surface area is 78.6 Å². The van der Waals surface area contributed by atoms with Crippen LogP contribution in [0.3, 0.4) is 0 Å². The van der Waals surface area contributed by atoms with Crippen molar-refractivity contribution in [1.82, 2.24) is 0 Å². The van der Waals surface area contributed by atoms with Crippen molar-refractivity contribution in [3.63, 3.8) is 0 Å². The van der Waals surface area contributed by atoms with Crippen LogP contribution in [0.25, 0.3) is 0 Å². The highest BCUT2D eigenvalue weighted by molar-refractivity contribution is 5.02. The highest BCUT2D eigenvalue weighted by atomic mass is 16.7. The first-order valence-corrected chi connectivity index (χ1v) is 5.32. The summed E-state index contributed by atoms with van der Waals surface area (Å²) in [5, 5.41) is 0. The molecule has 3 heteroatoms. The van der Waals surface area contributed by atoms with Gasteiger partial charge >= 0.3 is 0 Å². The lowest BCUT2D eigenvalue weighted by atomic mass is 9.85. The fourth-order valence-electron chi connectivity index (χ4n) is 3.47. The Morgan fingerprint density at radius 3 is 2.54 bits per heavy atom. The lowest BCUT2D eigenvalue weighted by Gasteiger charge is -2.34. The molecule has 2 aliphatic carbocycles. The molecule has 1 spiro atoms. The summed E-state index contributed by atoms with van der Waals surface area (Å²) in [5.41, 5.74) is 5.73. The maximum Gasteiger partial charge on any atom is 0.171 e. The molecule has 3 rings (SSSR count). The fraction of sp³-hybridized carbons (Fsp3) is 1.00. The number of rotatable bonds is 1. The average molecular weight is 183 g/mol. The molecule has 0 aromatic heterocycles. The number of ether oxygens (including phenoxy) is 2. The van der Waals surface area contributed by atoms with Crippen molar-refractivity contribution >= 4 is 0 Å². The van der Waals surface area contributed by atoms with Crippen LogP contribution in [0, 0.1) is 17.8 Å². The molecule has 3 fully saturated rings. The van der Waals surface area contributed by atoms with Gasteiger partial charge in [-0.25, -0.2) is 0 Å². The first-order valence-electron chi connectivity index (χ1n) is 5.32. The van der Waals surface area contributed by atoms with Gasteiger partial charge in [-0.3, -0.25) is 0 Å². The van der Waals surface area contributed by atoms with Crippen molar-refractivity contribution in [1.29, 1.82) is 0 Å². The Morgan fingerprint density at radius 2 is 2.00 bits per heavy atom. The van der Waals surface area contributed by atoms with E-state index in [2.05, 4.69) is 0 Å². The van der Waals surface area contributed by atoms with E-state index in [0.717, 1.165) is 38.0 Å². The predicted octanol–water partition coefficient (Wildman–Crippen LogP) is 0.734. The van der Waals surface area contributed by atoms with Gasteiger partial charge in [-0.1, -0.05) is 0 Å². The highest BCUT2D eigenvalue weighted by Crippen LogP contribution is 2.56. The fourth-order valence-corrected chi connectivity index (χ4v) is 3.47. The summed E-state index contributed by atoms with van der Waals surface area (Å²) in [4.78, 5) is 0. The van der Waals surface area contributed by atoms with Crippen molar-refractivity contribution in [3.8, 4) is 0 Å². The summed E-state index contributed by atoms with van der Waals surface area (Å²) >= 11 is 0. The minimum Gasteiger partial charge on any atom is -0.347 e. The van der Waals surface area contributed by atoms with Gasteiger partial charge in [0.25, 0.3) is 0 Å². The van der Waals surface area contributed by atoms with Gasteiger partial charge in [-0.2, -0.15) is 0 Å². The molecule has 1 saturated heterocycles. The van der Waals surface area contributed by atoms with Gasteiger partial charge < -0.3 is 15.2 Å². The monoisotopic (exact) mass is 183 g/mol. The Bertz CT molecular complexity index is 213. The molecule has 3 nitrogen and oxygen atoms in total. The van der Waals surface area contributed by atoms with Crippen LogP contribution in [-0.4, -0.2) is 25.5 Å². The molecule has 13 heavy (non-hydrogen) atoms. The van der Waals surface area contributed by atoms with Crippen LogP contribution in [0.15, 0.2) is 0 Å². The lowest BCUT2D eigenvalue weighted by Crippen LogP contribution is -2.39. The zero-order valence-corrected chi connectivity index (χ0v) is 7.87. The molecule has 0 aromatic rings. The first kappa shape index (κ1) is 8.21. The summed E-state index contributed by atoms with van der Waals surface area (Å²) in [6.45, 7) is 2.42. The number of nitrogens with two attached hydrogens (primary N) is 1. The van der Waals surface area contributed by atoms with Crippen molar-refractivity contribution in [2.75, 3.05) is 19.8 Å². The molecule has 0 radical (unpaired) electrons. The van der Waals surface area contributed by atoms with Crippen LogP contribution in [0.2, 0.25) is 0 Å². The molecular weight excluding hydrogens is 166 g/mol. The minimum absolute atomic E-state index is 0.170. The maximum absolute atomic E-state index is 5.77. The van der Waals surface area contributed by atoms with E-state index in [1.807, 2.05) is 0 Å². The van der Waals surface area contributed by atoms with Gasteiger partial charge in [0, 0.05) is 12.3 Å². The molecule has 74 valence electrons. The van der Waals surface area contributed by atoms with Gasteiger partial charge in [0.1, 0.15) is 0 Å². The molecule has 0 aromatic carbocycles. The van der Waals surface area contributed by atoms with Gasteiger partial charge in [0.15, 0.2) is 5.79 Å². The molecule has 3 aliphatic rings. The second kappa shape index (κ2) is 2.69. The topological polar surface area (TPSA) is 44.5 Å². The average Bonchev–Trinajstić information content (AvgIpc) is 2.80. The quantitative estimate of drug-likeness (QED) is 0.652. The second-order valence-electron chi connectivity index (χ2n) is 4.64. The molecule has 3 atom stereocenters. The van der Waals surface area contributed by atoms with Crippen LogP contribution in [0.4, 0.5) is 0 Å². The zero-order chi connectivity index (χ0) is 8.89. The molecule has 2 bridgehead atoms. The van der Waals surface area contributed by atoms with E-state index in [1.165, 1.54) is 12.8 Å². The van der Waals surface area contributed by atoms with Crippen LogP contribution in [0.5, 0.6) is 0 Å². The Morgan fingerprint density at radius 1 is 1.23 bits per heavy atom. The van der Waals surface area contributed by atoms with Gasteiger partial charge in [-0.05, 0) is 31.2 Å². The Hall–Kier alpha value is -0.120. The Balaban J connectivity index is 1.78. The van der Waals surface area contributed by atoms with E-state index < -0.39 is 0 Å². The number of hydrogen-bond acceptors (Lipinski definition) is 3. The van der Waals surface area contributed by atoms with Crippen LogP contribution in [0.1, 0.15) is 19.3 Å². The van der Waals surface area contributed by atoms with Crippen LogP contribution >= 0.6 is 0 Å². The summed E-state index contributed by atoms with van der Waals surface area (Å²) in [7, 11) is 0. The third-order valence-electron chi connectivity index (χ3n) is 4.09. The summed E-state index contributed by atoms with van der Waals surface area (Å²) in [6, 6.07) is 0. The third kappa shape index (κ3) is 1.01. The zero-order valence-electron chi connectivity index (χ0n) is 7.87. The number of fused-ring (bicyclic) bond motifs is 3. The lowest BCUT2D eigenvalue weighted by molar-refractivity contribution is -0.194. The highest BCUT2D eigenvalue weighted by Gasteiger charge is 2.57. The maximum atomic E-state index is 5.77. The van der Waals surface area contributed by atoms with Crippen molar-refractivity contribution in [3.05, 3.63) is 0 Å². The van der Waals surface area contributed by atoms with Gasteiger partial charge in [-0.15, -0.1) is 0 Å². The van der Waals surface area contributed by atoms with E-state index in [-0.39, 0.29) is 5.79 Å². The normalized spacial score (nSPS) is 46.4. The minimum atomic E-state index is -0.170. The van der Waals surface area contributed by atoms with Gasteiger partial charge in [0.05, 0.1) is 13.2 Å². The van der Waals surface area contributed by atoms with Crippen molar-refractivity contribution < 1.29 is 9.47 Å². The Kier molecular flexibility index (Phi) is 1.70. The van der Waals surface area contributed by atoms with Crippen LogP contribution in [-0.2, 0) is 9.47 Å². The van der Waals surface area contributed by atoms with Crippen LogP contribution < -0.4 is 5.73 Å². The molecule has 2 N–H and O–H groups in total. The van der Waals surface area contributed by atoms with E-state index in [4.69, 9.17) is 15.2 Å². The molecular formula is C10H17NO2. The smallest absolute Gasteiger partial charge is 0.171 e. The molecule has 1 aliphatic heterocycles. The van der Waals surface area contributed by atoms with Gasteiger partial charge in [0.2, 0.25) is 0 Å². The van der Waals surface area contributed by atoms with E-state index in [9.17, 15) is 0 Å². The number of hydrogen-bond donors (Lipinski definition) is 1. The van der Waals surface area contributed by atoms with E-state index >= 15 is 0 Å². The summed E-state index contributed by atoms with van der Waals surface area (Å²) in [5.74, 6) is 1.97. The van der Waals surface area contributed by atoms with E-state index in [1.54, 1.807) is 0 Å². The third-order valence-corrected chi connectivity index (χ3v) is 4.09. The summed E-state index contributed by atoms with van der Waals surface area (Å²) < 4.78 is 11.5.